The maximum atomic E-state index is 12.5. The Labute approximate surface area is 153 Å². The highest BCUT2D eigenvalue weighted by molar-refractivity contribution is 5.88. The Kier molecular flexibility index (Phi) is 6.30. The lowest BCUT2D eigenvalue weighted by Crippen LogP contribution is -2.58. The molecule has 0 saturated heterocycles. The Bertz CT molecular complexity index is 603. The van der Waals surface area contributed by atoms with Gasteiger partial charge >= 0.3 is 12.2 Å². The molecule has 0 aromatic rings. The van der Waals surface area contributed by atoms with Gasteiger partial charge in [0.25, 0.3) is 0 Å². The Hall–Kier alpha value is -2.29. The number of hydroxylamine groups is 2. The Balaban J connectivity index is 3.09. The second kappa shape index (κ2) is 7.53. The molecule has 0 radical (unpaired) electrons. The van der Waals surface area contributed by atoms with E-state index in [1.54, 1.807) is 48.5 Å². The highest BCUT2D eigenvalue weighted by atomic mass is 16.6. The molecular weight excluding hydrogens is 342 g/mol. The molecule has 1 rings (SSSR count). The standard InChI is InChI=1S/C17H29N3O6/c1-10-8-11(20(24)15(23)26-17(5,6)7)9-19(12(10)13(18)21)14(22)25-16(2,3)4/h8,11-12,24H,9H2,1-7H3,(H2,18,21)/t11-,12+/m1/s1. The Morgan fingerprint density at radius 1 is 1.15 bits per heavy atom. The van der Waals surface area contributed by atoms with Crippen molar-refractivity contribution in [2.45, 2.75) is 71.8 Å². The topological polar surface area (TPSA) is 122 Å². The van der Waals surface area contributed by atoms with Gasteiger partial charge in [-0.3, -0.25) is 14.9 Å². The molecule has 1 heterocycles. The Morgan fingerprint density at radius 3 is 2.08 bits per heavy atom. The van der Waals surface area contributed by atoms with Crippen molar-refractivity contribution in [2.75, 3.05) is 6.54 Å². The summed E-state index contributed by atoms with van der Waals surface area (Å²) in [6, 6.07) is -1.93. The van der Waals surface area contributed by atoms with Gasteiger partial charge in [-0.15, -0.1) is 0 Å². The molecule has 148 valence electrons. The summed E-state index contributed by atoms with van der Waals surface area (Å²) in [5.74, 6) is -0.732. The summed E-state index contributed by atoms with van der Waals surface area (Å²) in [4.78, 5) is 37.5. The molecule has 0 aromatic heterocycles. The molecule has 0 aliphatic carbocycles. The van der Waals surface area contributed by atoms with Crippen LogP contribution in [0.5, 0.6) is 0 Å². The van der Waals surface area contributed by atoms with Gasteiger partial charge in [-0.1, -0.05) is 6.08 Å². The first-order valence-electron chi connectivity index (χ1n) is 8.30. The lowest BCUT2D eigenvalue weighted by Gasteiger charge is -2.39. The van der Waals surface area contributed by atoms with Gasteiger partial charge in [0, 0.05) is 0 Å². The maximum absolute atomic E-state index is 12.5. The van der Waals surface area contributed by atoms with Crippen molar-refractivity contribution in [3.8, 4) is 0 Å². The van der Waals surface area contributed by atoms with Crippen LogP contribution in [0.1, 0.15) is 48.5 Å². The van der Waals surface area contributed by atoms with Crippen LogP contribution in [0, 0.1) is 0 Å². The van der Waals surface area contributed by atoms with Crippen molar-refractivity contribution < 1.29 is 29.1 Å². The van der Waals surface area contributed by atoms with E-state index in [1.165, 1.54) is 6.08 Å². The van der Waals surface area contributed by atoms with E-state index in [0.29, 0.717) is 10.6 Å². The normalized spacial score (nSPS) is 20.9. The lowest BCUT2D eigenvalue weighted by molar-refractivity contribution is -0.128. The molecular formula is C17H29N3O6. The molecule has 3 N–H and O–H groups in total. The van der Waals surface area contributed by atoms with Crippen LogP contribution < -0.4 is 5.73 Å². The van der Waals surface area contributed by atoms with E-state index < -0.39 is 41.4 Å². The van der Waals surface area contributed by atoms with Crippen molar-refractivity contribution in [1.82, 2.24) is 9.96 Å². The van der Waals surface area contributed by atoms with Crippen LogP contribution in [0.25, 0.3) is 0 Å². The van der Waals surface area contributed by atoms with E-state index in [2.05, 4.69) is 0 Å². The number of hydrogen-bond donors (Lipinski definition) is 2. The maximum Gasteiger partial charge on any atom is 0.434 e. The molecule has 2 atom stereocenters. The summed E-state index contributed by atoms with van der Waals surface area (Å²) < 4.78 is 10.4. The second-order valence-corrected chi connectivity index (χ2v) is 8.24. The van der Waals surface area contributed by atoms with Crippen LogP contribution in [0.2, 0.25) is 0 Å². The van der Waals surface area contributed by atoms with Crippen LogP contribution in [0.4, 0.5) is 9.59 Å². The first-order chi connectivity index (χ1) is 11.6. The second-order valence-electron chi connectivity index (χ2n) is 8.24. The smallest absolute Gasteiger partial charge is 0.434 e. The number of primary amides is 1. The Morgan fingerprint density at radius 2 is 1.65 bits per heavy atom. The summed E-state index contributed by atoms with van der Waals surface area (Å²) in [5, 5.41) is 10.6. The number of carbonyl (C=O) groups is 3. The number of rotatable bonds is 2. The van der Waals surface area contributed by atoms with Crippen LogP contribution in [-0.2, 0) is 14.3 Å². The number of carbonyl (C=O) groups excluding carboxylic acids is 3. The fourth-order valence-corrected chi connectivity index (χ4v) is 2.47. The van der Waals surface area contributed by atoms with E-state index >= 15 is 0 Å². The van der Waals surface area contributed by atoms with E-state index in [4.69, 9.17) is 15.2 Å². The van der Waals surface area contributed by atoms with Gasteiger partial charge in [-0.05, 0) is 54.0 Å². The number of hydrogen-bond acceptors (Lipinski definition) is 6. The number of amides is 3. The predicted molar refractivity (Wildman–Crippen MR) is 93.3 cm³/mol. The van der Waals surface area contributed by atoms with Gasteiger partial charge < -0.3 is 15.2 Å². The third-order valence-electron chi connectivity index (χ3n) is 3.37. The third kappa shape index (κ3) is 5.91. The molecule has 0 aromatic carbocycles. The summed E-state index contributed by atoms with van der Waals surface area (Å²) in [5.41, 5.74) is 4.25. The molecule has 0 saturated carbocycles. The minimum absolute atomic E-state index is 0.171. The van der Waals surface area contributed by atoms with Gasteiger partial charge in [0.1, 0.15) is 17.2 Å². The van der Waals surface area contributed by atoms with Crippen molar-refractivity contribution in [3.05, 3.63) is 11.6 Å². The average Bonchev–Trinajstić information content (AvgIpc) is 2.41. The van der Waals surface area contributed by atoms with E-state index in [1.807, 2.05) is 0 Å². The van der Waals surface area contributed by atoms with Gasteiger partial charge in [-0.25, -0.2) is 9.59 Å². The number of nitrogens with two attached hydrogens (primary N) is 1. The van der Waals surface area contributed by atoms with Gasteiger partial charge in [0.2, 0.25) is 5.91 Å². The van der Waals surface area contributed by atoms with E-state index in [-0.39, 0.29) is 6.54 Å². The monoisotopic (exact) mass is 371 g/mol. The minimum Gasteiger partial charge on any atom is -0.444 e. The van der Waals surface area contributed by atoms with Gasteiger partial charge in [0.05, 0.1) is 12.6 Å². The zero-order valence-electron chi connectivity index (χ0n) is 16.4. The van der Waals surface area contributed by atoms with Crippen molar-refractivity contribution in [1.29, 1.82) is 0 Å². The molecule has 9 heteroatoms. The zero-order valence-corrected chi connectivity index (χ0v) is 16.4. The lowest BCUT2D eigenvalue weighted by atomic mass is 9.98. The molecule has 1 aliphatic heterocycles. The predicted octanol–water partition coefficient (Wildman–Crippen LogP) is 2.03. The van der Waals surface area contributed by atoms with E-state index in [9.17, 15) is 19.6 Å². The molecule has 0 spiro atoms. The fraction of sp³-hybridized carbons (Fsp3) is 0.706. The molecule has 0 bridgehead atoms. The highest BCUT2D eigenvalue weighted by Crippen LogP contribution is 2.24. The van der Waals surface area contributed by atoms with E-state index in [0.717, 1.165) is 4.90 Å². The summed E-state index contributed by atoms with van der Waals surface area (Å²) in [7, 11) is 0. The summed E-state index contributed by atoms with van der Waals surface area (Å²) in [6.45, 7) is 11.5. The number of ether oxygens (including phenoxy) is 2. The molecule has 26 heavy (non-hydrogen) atoms. The van der Waals surface area contributed by atoms with Crippen molar-refractivity contribution in [2.24, 2.45) is 5.73 Å². The quantitative estimate of drug-likeness (QED) is 0.435. The SMILES string of the molecule is CC1=C[C@@H](N(O)C(=O)OC(C)(C)C)CN(C(=O)OC(C)(C)C)[C@@H]1C(N)=O. The molecule has 0 unspecified atom stereocenters. The average molecular weight is 371 g/mol. The highest BCUT2D eigenvalue weighted by Gasteiger charge is 2.40. The largest absolute Gasteiger partial charge is 0.444 e. The van der Waals surface area contributed by atoms with Gasteiger partial charge in [-0.2, -0.15) is 5.06 Å². The summed E-state index contributed by atoms with van der Waals surface area (Å²) in [6.07, 6.45) is -0.232. The van der Waals surface area contributed by atoms with Crippen LogP contribution in [0.15, 0.2) is 11.6 Å². The van der Waals surface area contributed by atoms with Gasteiger partial charge in [0.15, 0.2) is 0 Å². The summed E-state index contributed by atoms with van der Waals surface area (Å²) >= 11 is 0. The third-order valence-corrected chi connectivity index (χ3v) is 3.37. The molecule has 0 fully saturated rings. The minimum atomic E-state index is -1.02. The van der Waals surface area contributed by atoms with Crippen LogP contribution >= 0.6 is 0 Å². The van der Waals surface area contributed by atoms with Crippen molar-refractivity contribution >= 4 is 18.1 Å². The first kappa shape index (κ1) is 21.8. The first-order valence-corrected chi connectivity index (χ1v) is 8.30. The van der Waals surface area contributed by atoms with Crippen LogP contribution in [-0.4, -0.2) is 63.1 Å². The zero-order chi connectivity index (χ0) is 20.4. The molecule has 3 amide bonds. The number of nitrogens with zero attached hydrogens (tertiary/aromatic N) is 2. The fourth-order valence-electron chi connectivity index (χ4n) is 2.47. The van der Waals surface area contributed by atoms with Crippen molar-refractivity contribution in [3.63, 3.8) is 0 Å². The van der Waals surface area contributed by atoms with Crippen LogP contribution in [0.3, 0.4) is 0 Å². The molecule has 9 nitrogen and oxygen atoms in total. The molecule has 1 aliphatic rings.